The van der Waals surface area contributed by atoms with Crippen LogP contribution in [-0.4, -0.2) is 37.3 Å². The molecule has 1 fully saturated rings. The number of nitrogens with zero attached hydrogens (tertiary/aromatic N) is 2. The lowest BCUT2D eigenvalue weighted by Crippen LogP contribution is -2.30. The molecule has 0 aromatic heterocycles. The average Bonchev–Trinajstić information content (AvgIpc) is 3.09. The van der Waals surface area contributed by atoms with Gasteiger partial charge in [0.2, 0.25) is 10.0 Å². The summed E-state index contributed by atoms with van der Waals surface area (Å²) in [7, 11) is -4.00. The maximum Gasteiger partial charge on any atom is 0.289 e. The van der Waals surface area contributed by atoms with Crippen molar-refractivity contribution in [2.75, 3.05) is 19.6 Å². The maximum absolute atomic E-state index is 13.2. The molecule has 0 spiro atoms. The second-order valence-electron chi connectivity index (χ2n) is 7.00. The molecule has 2 atom stereocenters. The van der Waals surface area contributed by atoms with E-state index >= 15 is 0 Å². The van der Waals surface area contributed by atoms with Gasteiger partial charge >= 0.3 is 0 Å². The number of nitro groups is 1. The van der Waals surface area contributed by atoms with Crippen molar-refractivity contribution in [2.24, 2.45) is 11.7 Å². The topological polar surface area (TPSA) is 107 Å². The SMILES string of the molecule is Cc1cc([N+](=O)[O-])c(S(=O)(=O)N2C[C@@H](CN)[C@H](c3ccccc3)C2)cc1C. The van der Waals surface area contributed by atoms with Crippen molar-refractivity contribution in [1.82, 2.24) is 4.31 Å². The third-order valence-electron chi connectivity index (χ3n) is 5.33. The highest BCUT2D eigenvalue weighted by atomic mass is 32.2. The summed E-state index contributed by atoms with van der Waals surface area (Å²) in [6, 6.07) is 12.4. The normalized spacial score (nSPS) is 20.7. The fourth-order valence-corrected chi connectivity index (χ4v) is 5.35. The summed E-state index contributed by atoms with van der Waals surface area (Å²) in [4.78, 5) is 10.6. The summed E-state index contributed by atoms with van der Waals surface area (Å²) in [5, 5.41) is 11.5. The van der Waals surface area contributed by atoms with Crippen LogP contribution in [0.15, 0.2) is 47.4 Å². The Morgan fingerprint density at radius 1 is 1.15 bits per heavy atom. The number of hydrogen-bond acceptors (Lipinski definition) is 5. The van der Waals surface area contributed by atoms with Gasteiger partial charge in [-0.15, -0.1) is 0 Å². The quantitative estimate of drug-likeness (QED) is 0.625. The van der Waals surface area contributed by atoms with Crippen molar-refractivity contribution in [3.05, 3.63) is 69.3 Å². The van der Waals surface area contributed by atoms with Gasteiger partial charge in [0.15, 0.2) is 4.90 Å². The van der Waals surface area contributed by atoms with Gasteiger partial charge in [-0.2, -0.15) is 4.31 Å². The molecule has 2 aromatic rings. The van der Waals surface area contributed by atoms with Gasteiger partial charge in [-0.3, -0.25) is 10.1 Å². The van der Waals surface area contributed by atoms with E-state index in [2.05, 4.69) is 0 Å². The predicted molar refractivity (Wildman–Crippen MR) is 103 cm³/mol. The van der Waals surface area contributed by atoms with Crippen LogP contribution in [0.4, 0.5) is 5.69 Å². The average molecular weight is 389 g/mol. The molecule has 8 heteroatoms. The first-order chi connectivity index (χ1) is 12.8. The first kappa shape index (κ1) is 19.5. The summed E-state index contributed by atoms with van der Waals surface area (Å²) in [6.07, 6.45) is 0. The lowest BCUT2D eigenvalue weighted by Gasteiger charge is -2.17. The minimum Gasteiger partial charge on any atom is -0.330 e. The third-order valence-corrected chi connectivity index (χ3v) is 7.19. The molecule has 1 saturated heterocycles. The Balaban J connectivity index is 2.01. The van der Waals surface area contributed by atoms with Gasteiger partial charge in [0.1, 0.15) is 0 Å². The molecule has 0 saturated carbocycles. The third kappa shape index (κ3) is 3.60. The number of aryl methyl sites for hydroxylation is 2. The van der Waals surface area contributed by atoms with E-state index in [1.165, 1.54) is 16.4 Å². The highest BCUT2D eigenvalue weighted by Gasteiger charge is 2.41. The number of nitrogens with two attached hydrogens (primary N) is 1. The van der Waals surface area contributed by atoms with Gasteiger partial charge in [-0.05, 0) is 49.1 Å². The Bertz CT molecular complexity index is 960. The van der Waals surface area contributed by atoms with Gasteiger partial charge in [-0.1, -0.05) is 30.3 Å². The van der Waals surface area contributed by atoms with Gasteiger partial charge in [0.25, 0.3) is 5.69 Å². The molecule has 1 aliphatic heterocycles. The summed E-state index contributed by atoms with van der Waals surface area (Å²) in [5.41, 5.74) is 7.93. The van der Waals surface area contributed by atoms with Crippen LogP contribution in [-0.2, 0) is 10.0 Å². The summed E-state index contributed by atoms with van der Waals surface area (Å²) >= 11 is 0. The molecular formula is C19H23N3O4S. The fraction of sp³-hybridized carbons (Fsp3) is 0.368. The van der Waals surface area contributed by atoms with E-state index in [1.807, 2.05) is 30.3 Å². The molecule has 144 valence electrons. The van der Waals surface area contributed by atoms with Gasteiger partial charge in [-0.25, -0.2) is 8.42 Å². The second-order valence-corrected chi connectivity index (χ2v) is 8.90. The number of rotatable bonds is 5. The smallest absolute Gasteiger partial charge is 0.289 e. The van der Waals surface area contributed by atoms with E-state index in [0.717, 1.165) is 5.56 Å². The molecule has 0 unspecified atom stereocenters. The number of sulfonamides is 1. The molecule has 3 rings (SSSR count). The fourth-order valence-electron chi connectivity index (χ4n) is 3.61. The molecule has 1 aliphatic rings. The first-order valence-electron chi connectivity index (χ1n) is 8.76. The van der Waals surface area contributed by atoms with E-state index in [0.29, 0.717) is 17.7 Å². The van der Waals surface area contributed by atoms with Crippen molar-refractivity contribution >= 4 is 15.7 Å². The van der Waals surface area contributed by atoms with Crippen LogP contribution in [0.3, 0.4) is 0 Å². The Morgan fingerprint density at radius 3 is 2.37 bits per heavy atom. The zero-order valence-electron chi connectivity index (χ0n) is 15.3. The summed E-state index contributed by atoms with van der Waals surface area (Å²) < 4.78 is 27.8. The molecule has 0 aliphatic carbocycles. The standard InChI is InChI=1S/C19H23N3O4S/c1-13-8-18(22(23)24)19(9-14(13)2)27(25,26)21-11-16(10-20)17(12-21)15-6-4-3-5-7-15/h3-9,16-17H,10-12,20H2,1-2H3/t16-,17+/m1/s1. The lowest BCUT2D eigenvalue weighted by molar-refractivity contribution is -0.387. The largest absolute Gasteiger partial charge is 0.330 e. The zero-order valence-corrected chi connectivity index (χ0v) is 16.1. The summed E-state index contributed by atoms with van der Waals surface area (Å²) in [6.45, 7) is 4.34. The van der Waals surface area contributed by atoms with E-state index in [-0.39, 0.29) is 35.5 Å². The van der Waals surface area contributed by atoms with Crippen LogP contribution in [0.1, 0.15) is 22.6 Å². The highest BCUT2D eigenvalue weighted by molar-refractivity contribution is 7.89. The Kier molecular flexibility index (Phi) is 5.32. The number of benzene rings is 2. The summed E-state index contributed by atoms with van der Waals surface area (Å²) in [5.74, 6) is -0.0654. The van der Waals surface area contributed by atoms with Crippen molar-refractivity contribution in [1.29, 1.82) is 0 Å². The van der Waals surface area contributed by atoms with Gasteiger partial charge < -0.3 is 5.73 Å². The Hall–Kier alpha value is -2.29. The molecule has 7 nitrogen and oxygen atoms in total. The van der Waals surface area contributed by atoms with Crippen LogP contribution < -0.4 is 5.73 Å². The van der Waals surface area contributed by atoms with E-state index in [4.69, 9.17) is 5.73 Å². The van der Waals surface area contributed by atoms with Crippen LogP contribution in [0, 0.1) is 29.9 Å². The monoisotopic (exact) mass is 389 g/mol. The zero-order chi connectivity index (χ0) is 19.8. The van der Waals surface area contributed by atoms with Crippen molar-refractivity contribution in [2.45, 2.75) is 24.7 Å². The molecule has 2 N–H and O–H groups in total. The Morgan fingerprint density at radius 2 is 1.78 bits per heavy atom. The molecule has 1 heterocycles. The van der Waals surface area contributed by atoms with Crippen molar-refractivity contribution in [3.8, 4) is 0 Å². The maximum atomic E-state index is 13.2. The minimum absolute atomic E-state index is 0.0309. The van der Waals surface area contributed by atoms with E-state index in [1.54, 1.807) is 13.8 Å². The van der Waals surface area contributed by atoms with Gasteiger partial charge in [0, 0.05) is 25.1 Å². The molecule has 0 radical (unpaired) electrons. The number of nitro benzene ring substituents is 1. The van der Waals surface area contributed by atoms with Crippen LogP contribution in [0.2, 0.25) is 0 Å². The van der Waals surface area contributed by atoms with Crippen molar-refractivity contribution in [3.63, 3.8) is 0 Å². The molecule has 0 bridgehead atoms. The van der Waals surface area contributed by atoms with E-state index < -0.39 is 14.9 Å². The highest BCUT2D eigenvalue weighted by Crippen LogP contribution is 2.37. The second kappa shape index (κ2) is 7.38. The lowest BCUT2D eigenvalue weighted by atomic mass is 9.89. The molecular weight excluding hydrogens is 366 g/mol. The minimum atomic E-state index is -4.00. The molecule has 27 heavy (non-hydrogen) atoms. The van der Waals surface area contributed by atoms with Crippen LogP contribution >= 0.6 is 0 Å². The Labute approximate surface area is 159 Å². The molecule has 2 aromatic carbocycles. The van der Waals surface area contributed by atoms with Crippen molar-refractivity contribution < 1.29 is 13.3 Å². The first-order valence-corrected chi connectivity index (χ1v) is 10.2. The number of hydrogen-bond donors (Lipinski definition) is 1. The van der Waals surface area contributed by atoms with Crippen LogP contribution in [0.5, 0.6) is 0 Å². The predicted octanol–water partition coefficient (Wildman–Crippen LogP) is 2.57. The van der Waals surface area contributed by atoms with Gasteiger partial charge in [0.05, 0.1) is 4.92 Å². The van der Waals surface area contributed by atoms with Crippen LogP contribution in [0.25, 0.3) is 0 Å². The molecule has 0 amide bonds. The van der Waals surface area contributed by atoms with E-state index in [9.17, 15) is 18.5 Å².